The van der Waals surface area contributed by atoms with Crippen molar-refractivity contribution >= 4 is 45.3 Å². The lowest BCUT2D eigenvalue weighted by Gasteiger charge is -2.36. The van der Waals surface area contributed by atoms with E-state index in [1.807, 2.05) is 30.8 Å². The molecule has 2 aliphatic carbocycles. The maximum Gasteiger partial charge on any atom is 0.329 e. The monoisotopic (exact) mass is 806 g/mol. The summed E-state index contributed by atoms with van der Waals surface area (Å²) >= 11 is 0. The molecule has 0 bridgehead atoms. The first-order valence-electron chi connectivity index (χ1n) is 21.0. The maximum atomic E-state index is 13.7. The molecule has 3 aromatic heterocycles. The molecule has 1 unspecified atom stereocenters. The smallest absolute Gasteiger partial charge is 0.329 e. The van der Waals surface area contributed by atoms with Gasteiger partial charge in [0.05, 0.1) is 40.3 Å². The van der Waals surface area contributed by atoms with Crippen molar-refractivity contribution < 1.29 is 23.5 Å². The summed E-state index contributed by atoms with van der Waals surface area (Å²) in [6, 6.07) is 12.0. The van der Waals surface area contributed by atoms with Crippen molar-refractivity contribution in [1.82, 2.24) is 33.7 Å². The van der Waals surface area contributed by atoms with E-state index < -0.39 is 35.6 Å². The van der Waals surface area contributed by atoms with Gasteiger partial charge in [-0.25, -0.2) is 9.18 Å². The summed E-state index contributed by atoms with van der Waals surface area (Å²) in [4.78, 5) is 66.9. The molecule has 14 nitrogen and oxygen atoms in total. The minimum Gasteiger partial charge on any atom is -0.490 e. The predicted octanol–water partition coefficient (Wildman–Crippen LogP) is 5.76. The Labute approximate surface area is 340 Å². The highest BCUT2D eigenvalue weighted by Gasteiger charge is 2.40. The maximum absolute atomic E-state index is 13.7. The summed E-state index contributed by atoms with van der Waals surface area (Å²) < 4.78 is 26.4. The Kier molecular flexibility index (Phi) is 10.3. The standard InChI is InChI=1S/C44H51FN8O6/c1-25(2)59-39-22-34-29(19-31(39)41(55)46-33-5-4-16-51(43(33)57)37-21-32(37)45)24-52(48-34)30-9-6-26(7-10-30)23-50-17-14-27(15-18-50)28-8-11-35-38(20-28)49(3)44(58)53(35)36-12-13-40(54)47-42(36)56/h4-5,8,11,16,19-20,22,24-27,30,32,36-37H,6-7,9-10,12-15,17-18,21,23H2,1-3H3,(H,46,55)(H,47,54,56)/t26-,30-,32-,36?,37+/m1/s1. The number of alkyl halides is 1. The third kappa shape index (κ3) is 7.60. The van der Waals surface area contributed by atoms with Gasteiger partial charge in [0.15, 0.2) is 0 Å². The average molecular weight is 807 g/mol. The van der Waals surface area contributed by atoms with Crippen LogP contribution in [0, 0.1) is 5.92 Å². The summed E-state index contributed by atoms with van der Waals surface area (Å²) in [6.45, 7) is 6.88. The fourth-order valence-corrected chi connectivity index (χ4v) is 9.55. The number of imidazole rings is 1. The molecule has 15 heteroatoms. The van der Waals surface area contributed by atoms with Gasteiger partial charge in [-0.3, -0.25) is 38.3 Å². The van der Waals surface area contributed by atoms with Crippen LogP contribution >= 0.6 is 0 Å². The molecule has 4 fully saturated rings. The van der Waals surface area contributed by atoms with Crippen LogP contribution in [0.2, 0.25) is 0 Å². The quantitative estimate of drug-likeness (QED) is 0.169. The number of pyridine rings is 1. The Balaban J connectivity index is 0.814. The van der Waals surface area contributed by atoms with Crippen LogP contribution in [-0.4, -0.2) is 78.0 Å². The Morgan fingerprint density at radius 1 is 0.983 bits per heavy atom. The summed E-state index contributed by atoms with van der Waals surface area (Å²) in [7, 11) is 1.74. The lowest BCUT2D eigenvalue weighted by Crippen LogP contribution is -2.44. The lowest BCUT2D eigenvalue weighted by atomic mass is 9.84. The molecule has 9 rings (SSSR count). The molecule has 59 heavy (non-hydrogen) atoms. The molecule has 2 aromatic carbocycles. The molecular formula is C44H51FN8O6. The number of benzene rings is 2. The molecule has 5 heterocycles. The minimum absolute atomic E-state index is 0.0939. The van der Waals surface area contributed by atoms with Gasteiger partial charge < -0.3 is 19.5 Å². The van der Waals surface area contributed by atoms with Crippen LogP contribution in [0.25, 0.3) is 21.9 Å². The zero-order valence-electron chi connectivity index (χ0n) is 33.7. The van der Waals surface area contributed by atoms with E-state index >= 15 is 0 Å². The Bertz CT molecular complexity index is 2570. The van der Waals surface area contributed by atoms with E-state index in [4.69, 9.17) is 9.84 Å². The summed E-state index contributed by atoms with van der Waals surface area (Å²) in [6.07, 6.45) is 9.44. The lowest BCUT2D eigenvalue weighted by molar-refractivity contribution is -0.135. The number of anilines is 1. The second-order valence-corrected chi connectivity index (χ2v) is 17.3. The molecule has 0 radical (unpaired) electrons. The van der Waals surface area contributed by atoms with Gasteiger partial charge in [-0.05, 0) is 120 Å². The number of imide groups is 1. The van der Waals surface area contributed by atoms with Gasteiger partial charge in [-0.1, -0.05) is 6.07 Å². The molecule has 2 saturated carbocycles. The number of ether oxygens (including phenoxy) is 1. The number of rotatable bonds is 10. The van der Waals surface area contributed by atoms with E-state index in [1.165, 1.54) is 20.8 Å². The van der Waals surface area contributed by atoms with Crippen molar-refractivity contribution in [3.05, 3.63) is 86.8 Å². The van der Waals surface area contributed by atoms with E-state index in [9.17, 15) is 28.4 Å². The van der Waals surface area contributed by atoms with Gasteiger partial charge in [0.25, 0.3) is 11.5 Å². The Morgan fingerprint density at radius 3 is 2.46 bits per heavy atom. The summed E-state index contributed by atoms with van der Waals surface area (Å²) in [5.41, 5.74) is 3.19. The van der Waals surface area contributed by atoms with Crippen molar-refractivity contribution in [2.24, 2.45) is 13.0 Å². The highest BCUT2D eigenvalue weighted by atomic mass is 19.1. The van der Waals surface area contributed by atoms with Crippen LogP contribution in [-0.2, 0) is 16.6 Å². The van der Waals surface area contributed by atoms with E-state index in [2.05, 4.69) is 27.7 Å². The molecule has 3 atom stereocenters. The molecule has 5 aromatic rings. The number of halogens is 1. The fourth-order valence-electron chi connectivity index (χ4n) is 9.55. The second kappa shape index (κ2) is 15.6. The van der Waals surface area contributed by atoms with Crippen LogP contribution < -0.4 is 26.6 Å². The van der Waals surface area contributed by atoms with Crippen LogP contribution in [0.5, 0.6) is 5.75 Å². The number of likely N-dealkylation sites (tertiary alicyclic amines) is 1. The summed E-state index contributed by atoms with van der Waals surface area (Å²) in [5.74, 6) is 0.180. The molecule has 310 valence electrons. The van der Waals surface area contributed by atoms with Crippen molar-refractivity contribution in [3.8, 4) is 5.75 Å². The Morgan fingerprint density at radius 2 is 1.75 bits per heavy atom. The molecule has 2 saturated heterocycles. The topological polar surface area (TPSA) is 154 Å². The first-order chi connectivity index (χ1) is 28.4. The molecule has 2 N–H and O–H groups in total. The Hall–Kier alpha value is -5.57. The van der Waals surface area contributed by atoms with Crippen molar-refractivity contribution in [3.63, 3.8) is 0 Å². The van der Waals surface area contributed by atoms with Crippen LogP contribution in [0.3, 0.4) is 0 Å². The number of amides is 3. The number of fused-ring (bicyclic) bond motifs is 2. The van der Waals surface area contributed by atoms with E-state index in [1.54, 1.807) is 36.0 Å². The first-order valence-corrected chi connectivity index (χ1v) is 21.0. The largest absolute Gasteiger partial charge is 0.490 e. The summed E-state index contributed by atoms with van der Waals surface area (Å²) in [5, 5.41) is 10.9. The van der Waals surface area contributed by atoms with Crippen LogP contribution in [0.1, 0.15) is 112 Å². The number of nitrogens with zero attached hydrogens (tertiary/aromatic N) is 6. The van der Waals surface area contributed by atoms with Gasteiger partial charge in [0.2, 0.25) is 11.8 Å². The number of aryl methyl sites for hydroxylation is 1. The molecule has 4 aliphatic rings. The van der Waals surface area contributed by atoms with E-state index in [0.717, 1.165) is 74.6 Å². The average Bonchev–Trinajstić information content (AvgIpc) is 3.70. The zero-order chi connectivity index (χ0) is 41.1. The highest BCUT2D eigenvalue weighted by molar-refractivity contribution is 6.08. The van der Waals surface area contributed by atoms with Gasteiger partial charge in [-0.15, -0.1) is 0 Å². The predicted molar refractivity (Wildman–Crippen MR) is 221 cm³/mol. The molecule has 3 amide bonds. The van der Waals surface area contributed by atoms with Crippen molar-refractivity contribution in [2.45, 2.75) is 108 Å². The number of hydrogen-bond donors (Lipinski definition) is 2. The van der Waals surface area contributed by atoms with Gasteiger partial charge in [0.1, 0.15) is 23.7 Å². The number of hydrogen-bond acceptors (Lipinski definition) is 8. The third-order valence-corrected chi connectivity index (χ3v) is 12.9. The third-order valence-electron chi connectivity index (χ3n) is 12.9. The van der Waals surface area contributed by atoms with Gasteiger partial charge in [0, 0.05) is 50.3 Å². The van der Waals surface area contributed by atoms with E-state index in [-0.39, 0.29) is 35.9 Å². The van der Waals surface area contributed by atoms with Crippen LogP contribution in [0.4, 0.5) is 10.1 Å². The molecule has 0 spiro atoms. The first kappa shape index (κ1) is 38.9. The van der Waals surface area contributed by atoms with Crippen molar-refractivity contribution in [2.75, 3.05) is 25.0 Å². The highest BCUT2D eigenvalue weighted by Crippen LogP contribution is 2.39. The van der Waals surface area contributed by atoms with Crippen molar-refractivity contribution in [1.29, 1.82) is 0 Å². The normalized spacial score (nSPS) is 24.2. The van der Waals surface area contributed by atoms with Crippen LogP contribution in [0.15, 0.2) is 64.4 Å². The number of carbonyl (C=O) groups excluding carboxylic acids is 3. The molecule has 2 aliphatic heterocycles. The van der Waals surface area contributed by atoms with Gasteiger partial charge in [-0.2, -0.15) is 5.10 Å². The number of nitrogens with one attached hydrogen (secondary N) is 2. The number of carbonyl (C=O) groups is 3. The van der Waals surface area contributed by atoms with Gasteiger partial charge >= 0.3 is 5.69 Å². The van der Waals surface area contributed by atoms with E-state index in [0.29, 0.717) is 41.5 Å². The number of aromatic nitrogens is 5. The zero-order valence-corrected chi connectivity index (χ0v) is 33.7. The molecular weight excluding hydrogens is 756 g/mol. The minimum atomic E-state index is -1.05. The SMILES string of the molecule is CC(C)Oc1cc2nn([C@H]3CC[C@H](CN4CCC(c5ccc6c(c5)n(C)c(=O)n6C5CCC(=O)NC5=O)CC4)CC3)cc2cc1C(=O)Nc1cccn([C@H]2C[C@H]2F)c1=O. The second-order valence-electron chi connectivity index (χ2n) is 17.3. The fraction of sp³-hybridized carbons (Fsp3) is 0.500. The number of piperidine rings is 2.